The predicted octanol–water partition coefficient (Wildman–Crippen LogP) is 2.40. The number of ether oxygens (including phenoxy) is 1. The van der Waals surface area contributed by atoms with Crippen molar-refractivity contribution in [2.24, 2.45) is 11.8 Å². The van der Waals surface area contributed by atoms with Crippen LogP contribution in [0.5, 0.6) is 0 Å². The largest absolute Gasteiger partial charge is 0.481 e. The van der Waals surface area contributed by atoms with Gasteiger partial charge in [-0.05, 0) is 30.9 Å². The summed E-state index contributed by atoms with van der Waals surface area (Å²) in [5.74, 6) is -1.00. The number of carboxylic acids is 1. The van der Waals surface area contributed by atoms with Crippen LogP contribution >= 0.6 is 0 Å². The third-order valence-corrected chi connectivity index (χ3v) is 5.01. The number of rotatable bonds is 4. The summed E-state index contributed by atoms with van der Waals surface area (Å²) in [6.07, 6.45) is 1.65. The molecule has 124 valence electrons. The topological polar surface area (TPSA) is 66.8 Å². The third-order valence-electron chi connectivity index (χ3n) is 5.01. The van der Waals surface area contributed by atoms with Crippen LogP contribution in [0.4, 0.5) is 0 Å². The molecule has 2 heterocycles. The van der Waals surface area contributed by atoms with Gasteiger partial charge in [0, 0.05) is 25.5 Å². The Morgan fingerprint density at radius 1 is 1.35 bits per heavy atom. The number of piperidine rings is 1. The van der Waals surface area contributed by atoms with Gasteiger partial charge in [0.2, 0.25) is 5.91 Å². The minimum atomic E-state index is -0.821. The second-order valence-electron chi connectivity index (χ2n) is 6.56. The minimum Gasteiger partial charge on any atom is -0.481 e. The van der Waals surface area contributed by atoms with E-state index in [1.807, 2.05) is 31.2 Å². The van der Waals surface area contributed by atoms with Crippen molar-refractivity contribution in [1.29, 1.82) is 0 Å². The van der Waals surface area contributed by atoms with Gasteiger partial charge in [0.25, 0.3) is 0 Å². The van der Waals surface area contributed by atoms with Gasteiger partial charge in [-0.25, -0.2) is 0 Å². The Morgan fingerprint density at radius 3 is 2.78 bits per heavy atom. The lowest BCUT2D eigenvalue weighted by atomic mass is 9.82. The number of likely N-dealkylation sites (tertiary alicyclic amines) is 1. The van der Waals surface area contributed by atoms with E-state index in [4.69, 9.17) is 4.74 Å². The molecule has 0 aromatic heterocycles. The summed E-state index contributed by atoms with van der Waals surface area (Å²) >= 11 is 0. The second kappa shape index (κ2) is 6.71. The van der Waals surface area contributed by atoms with E-state index in [-0.39, 0.29) is 11.9 Å². The average molecular weight is 317 g/mol. The number of carboxylic acid groups (broad SMARTS) is 1. The number of hydrogen-bond donors (Lipinski definition) is 1. The van der Waals surface area contributed by atoms with E-state index >= 15 is 0 Å². The number of benzene rings is 1. The molecule has 0 saturated carbocycles. The molecule has 3 atom stereocenters. The van der Waals surface area contributed by atoms with Crippen molar-refractivity contribution in [3.63, 3.8) is 0 Å². The number of nitrogens with zero attached hydrogens (tertiary/aromatic N) is 1. The number of amides is 1. The van der Waals surface area contributed by atoms with Crippen molar-refractivity contribution in [2.75, 3.05) is 19.8 Å². The minimum absolute atomic E-state index is 0.0580. The lowest BCUT2D eigenvalue weighted by Gasteiger charge is -2.41. The first-order valence-corrected chi connectivity index (χ1v) is 8.23. The van der Waals surface area contributed by atoms with Gasteiger partial charge in [-0.15, -0.1) is 0 Å². The van der Waals surface area contributed by atoms with E-state index in [1.165, 1.54) is 0 Å². The van der Waals surface area contributed by atoms with Gasteiger partial charge in [-0.1, -0.05) is 24.3 Å². The van der Waals surface area contributed by atoms with Crippen molar-refractivity contribution < 1.29 is 19.4 Å². The van der Waals surface area contributed by atoms with Crippen molar-refractivity contribution in [1.82, 2.24) is 4.90 Å². The predicted molar refractivity (Wildman–Crippen MR) is 84.9 cm³/mol. The van der Waals surface area contributed by atoms with E-state index in [9.17, 15) is 14.7 Å². The molecule has 0 bridgehead atoms. The van der Waals surface area contributed by atoms with E-state index in [0.717, 1.165) is 24.2 Å². The van der Waals surface area contributed by atoms with E-state index in [0.29, 0.717) is 31.9 Å². The summed E-state index contributed by atoms with van der Waals surface area (Å²) < 4.78 is 5.42. The fraction of sp³-hybridized carbons (Fsp3) is 0.556. The fourth-order valence-corrected chi connectivity index (χ4v) is 3.74. The van der Waals surface area contributed by atoms with Gasteiger partial charge in [0.15, 0.2) is 0 Å². The Labute approximate surface area is 136 Å². The van der Waals surface area contributed by atoms with E-state index < -0.39 is 11.9 Å². The summed E-state index contributed by atoms with van der Waals surface area (Å²) in [4.78, 5) is 26.1. The van der Waals surface area contributed by atoms with Crippen LogP contribution in [0.25, 0.3) is 0 Å². The molecule has 2 aliphatic heterocycles. The average Bonchev–Trinajstić information content (AvgIpc) is 3.03. The normalized spacial score (nSPS) is 28.1. The first kappa shape index (κ1) is 16.0. The monoisotopic (exact) mass is 317 g/mol. The molecule has 0 aliphatic carbocycles. The molecule has 23 heavy (non-hydrogen) atoms. The van der Waals surface area contributed by atoms with Crippen LogP contribution in [0.1, 0.15) is 36.4 Å². The third kappa shape index (κ3) is 3.24. The lowest BCUT2D eigenvalue weighted by Crippen LogP contribution is -2.47. The number of aliphatic carboxylic acids is 1. The first-order chi connectivity index (χ1) is 11.1. The number of hydrogen-bond acceptors (Lipinski definition) is 3. The van der Waals surface area contributed by atoms with Crippen LogP contribution in [0.3, 0.4) is 0 Å². The van der Waals surface area contributed by atoms with E-state index in [2.05, 4.69) is 0 Å². The van der Waals surface area contributed by atoms with Crippen LogP contribution < -0.4 is 0 Å². The van der Waals surface area contributed by atoms with E-state index in [1.54, 1.807) is 4.90 Å². The lowest BCUT2D eigenvalue weighted by molar-refractivity contribution is -0.152. The molecule has 3 rings (SSSR count). The first-order valence-electron chi connectivity index (χ1n) is 8.23. The molecule has 2 fully saturated rings. The Kier molecular flexibility index (Phi) is 4.66. The Bertz CT molecular complexity index is 594. The standard InChI is InChI=1S/C18H23NO4/c1-12-4-2-3-5-14(12)17-15(18(21)22)6-7-16(20)19(17)10-13-8-9-23-11-13/h2-5,13,15,17H,6-11H2,1H3,(H,21,22)/t13-,15-,17+/m0/s1. The Hall–Kier alpha value is -1.88. The molecule has 1 N–H and O–H groups in total. The maximum Gasteiger partial charge on any atom is 0.308 e. The Morgan fingerprint density at radius 2 is 2.13 bits per heavy atom. The van der Waals surface area contributed by atoms with Gasteiger partial charge in [0.05, 0.1) is 18.6 Å². The van der Waals surface area contributed by atoms with Crippen molar-refractivity contribution in [3.8, 4) is 0 Å². The van der Waals surface area contributed by atoms with Gasteiger partial charge < -0.3 is 14.7 Å². The molecule has 0 spiro atoms. The summed E-state index contributed by atoms with van der Waals surface area (Å²) in [6.45, 7) is 3.94. The van der Waals surface area contributed by atoms with Crippen LogP contribution in [0, 0.1) is 18.8 Å². The highest BCUT2D eigenvalue weighted by molar-refractivity contribution is 5.82. The summed E-state index contributed by atoms with van der Waals surface area (Å²) in [5, 5.41) is 9.66. The molecule has 5 nitrogen and oxygen atoms in total. The maximum absolute atomic E-state index is 12.5. The van der Waals surface area contributed by atoms with Crippen LogP contribution in [-0.2, 0) is 14.3 Å². The van der Waals surface area contributed by atoms with Gasteiger partial charge >= 0.3 is 5.97 Å². The van der Waals surface area contributed by atoms with Crippen molar-refractivity contribution >= 4 is 11.9 Å². The van der Waals surface area contributed by atoms with Crippen LogP contribution in [0.2, 0.25) is 0 Å². The molecule has 1 aromatic rings. The summed E-state index contributed by atoms with van der Waals surface area (Å²) in [5.41, 5.74) is 1.98. The molecule has 1 amide bonds. The molecule has 5 heteroatoms. The highest BCUT2D eigenvalue weighted by atomic mass is 16.5. The molecular weight excluding hydrogens is 294 g/mol. The van der Waals surface area contributed by atoms with Crippen LogP contribution in [-0.4, -0.2) is 41.6 Å². The van der Waals surface area contributed by atoms with Gasteiger partial charge in [0.1, 0.15) is 0 Å². The molecule has 1 aromatic carbocycles. The molecule has 2 aliphatic rings. The second-order valence-corrected chi connectivity index (χ2v) is 6.56. The molecule has 0 radical (unpaired) electrons. The number of aryl methyl sites for hydroxylation is 1. The molecule has 2 saturated heterocycles. The fourth-order valence-electron chi connectivity index (χ4n) is 3.74. The van der Waals surface area contributed by atoms with Gasteiger partial charge in [-0.3, -0.25) is 9.59 Å². The smallest absolute Gasteiger partial charge is 0.308 e. The van der Waals surface area contributed by atoms with Gasteiger partial charge in [-0.2, -0.15) is 0 Å². The zero-order valence-corrected chi connectivity index (χ0v) is 13.4. The summed E-state index contributed by atoms with van der Waals surface area (Å²) in [6, 6.07) is 7.40. The zero-order valence-electron chi connectivity index (χ0n) is 13.4. The van der Waals surface area contributed by atoms with Crippen molar-refractivity contribution in [3.05, 3.63) is 35.4 Å². The maximum atomic E-state index is 12.5. The Balaban J connectivity index is 1.95. The number of carbonyl (C=O) groups excluding carboxylic acids is 1. The SMILES string of the molecule is Cc1ccccc1[C@@H]1[C@@H](C(=O)O)CCC(=O)N1C[C@@H]1CCOC1. The summed E-state index contributed by atoms with van der Waals surface area (Å²) in [7, 11) is 0. The van der Waals surface area contributed by atoms with Crippen molar-refractivity contribution in [2.45, 2.75) is 32.2 Å². The molecular formula is C18H23NO4. The quantitative estimate of drug-likeness (QED) is 0.926. The highest BCUT2D eigenvalue weighted by Gasteiger charge is 2.42. The number of carbonyl (C=O) groups is 2. The van der Waals surface area contributed by atoms with Crippen LogP contribution in [0.15, 0.2) is 24.3 Å². The highest BCUT2D eigenvalue weighted by Crippen LogP contribution is 2.39. The zero-order chi connectivity index (χ0) is 16.4. The molecule has 0 unspecified atom stereocenters.